The van der Waals surface area contributed by atoms with Crippen molar-refractivity contribution in [3.05, 3.63) is 16.4 Å². The number of ether oxygens (including phenoxy) is 1. The normalized spacial score (nSPS) is 15.8. The van der Waals surface area contributed by atoms with Crippen molar-refractivity contribution in [2.24, 2.45) is 0 Å². The molecule has 0 bridgehead atoms. The molecule has 2 N–H and O–H groups in total. The molecule has 2 rings (SSSR count). The number of anilines is 1. The van der Waals surface area contributed by atoms with E-state index in [1.807, 2.05) is 0 Å². The van der Waals surface area contributed by atoms with Crippen LogP contribution in [0.5, 0.6) is 0 Å². The van der Waals surface area contributed by atoms with Gasteiger partial charge in [0.15, 0.2) is 0 Å². The van der Waals surface area contributed by atoms with Crippen LogP contribution in [0, 0.1) is 0 Å². The van der Waals surface area contributed by atoms with Gasteiger partial charge in [0.05, 0.1) is 18.9 Å². The first-order valence-corrected chi connectivity index (χ1v) is 4.03. The smallest absolute Gasteiger partial charge is 0.221 e. The molecule has 0 radical (unpaired) electrons. The summed E-state index contributed by atoms with van der Waals surface area (Å²) in [6, 6.07) is 0. The van der Waals surface area contributed by atoms with Gasteiger partial charge < -0.3 is 10.5 Å². The second-order valence-corrected chi connectivity index (χ2v) is 2.96. The monoisotopic (exact) mass is 185 g/mol. The Morgan fingerprint density at radius 1 is 1.42 bits per heavy atom. The van der Waals surface area contributed by atoms with Crippen LogP contribution in [0.15, 0.2) is 0 Å². The van der Waals surface area contributed by atoms with Crippen molar-refractivity contribution in [1.82, 2.24) is 9.97 Å². The average Bonchev–Trinajstić information content (AvgIpc) is 2.04. The van der Waals surface area contributed by atoms with Crippen molar-refractivity contribution >= 4 is 17.5 Å². The molecular formula is C7H8ClN3O. The number of nitrogens with zero attached hydrogens (tertiary/aromatic N) is 2. The van der Waals surface area contributed by atoms with Crippen LogP contribution in [0.4, 0.5) is 5.95 Å². The average molecular weight is 186 g/mol. The van der Waals surface area contributed by atoms with E-state index >= 15 is 0 Å². The Balaban J connectivity index is 2.53. The highest BCUT2D eigenvalue weighted by Crippen LogP contribution is 2.22. The minimum Gasteiger partial charge on any atom is -0.376 e. The molecule has 0 aromatic carbocycles. The van der Waals surface area contributed by atoms with E-state index in [1.165, 1.54) is 0 Å². The summed E-state index contributed by atoms with van der Waals surface area (Å²) in [7, 11) is 0. The molecule has 1 aromatic rings. The summed E-state index contributed by atoms with van der Waals surface area (Å²) in [6.45, 7) is 1.17. The summed E-state index contributed by atoms with van der Waals surface area (Å²) in [4.78, 5) is 7.92. The number of halogens is 1. The molecule has 0 unspecified atom stereocenters. The van der Waals surface area contributed by atoms with Gasteiger partial charge in [-0.3, -0.25) is 0 Å². The zero-order valence-corrected chi connectivity index (χ0v) is 7.14. The highest BCUT2D eigenvalue weighted by Gasteiger charge is 2.15. The van der Waals surface area contributed by atoms with Gasteiger partial charge in [-0.2, -0.15) is 0 Å². The van der Waals surface area contributed by atoms with E-state index in [1.54, 1.807) is 0 Å². The van der Waals surface area contributed by atoms with Gasteiger partial charge in [-0.05, 0) is 0 Å². The number of nitrogens with two attached hydrogens (primary N) is 1. The number of hydrogen-bond donors (Lipinski definition) is 1. The lowest BCUT2D eigenvalue weighted by atomic mass is 10.1. The van der Waals surface area contributed by atoms with Gasteiger partial charge in [-0.1, -0.05) is 11.6 Å². The van der Waals surface area contributed by atoms with Crippen LogP contribution in [-0.2, 0) is 17.8 Å². The third kappa shape index (κ3) is 1.23. The molecule has 1 aromatic heterocycles. The molecule has 1 aliphatic heterocycles. The van der Waals surface area contributed by atoms with Crippen molar-refractivity contribution in [2.45, 2.75) is 13.0 Å². The third-order valence-corrected chi connectivity index (χ3v) is 2.10. The molecule has 0 atom stereocenters. The number of fused-ring (bicyclic) bond motifs is 1. The zero-order chi connectivity index (χ0) is 8.55. The van der Waals surface area contributed by atoms with Crippen LogP contribution in [0.3, 0.4) is 0 Å². The molecule has 1 aliphatic rings. The summed E-state index contributed by atoms with van der Waals surface area (Å²) in [5, 5.41) is 0.414. The number of nitrogen functional groups attached to an aromatic ring is 1. The number of hydrogen-bond acceptors (Lipinski definition) is 4. The molecule has 0 amide bonds. The first-order chi connectivity index (χ1) is 5.77. The van der Waals surface area contributed by atoms with E-state index in [2.05, 4.69) is 9.97 Å². The van der Waals surface area contributed by atoms with E-state index < -0.39 is 0 Å². The largest absolute Gasteiger partial charge is 0.376 e. The number of rotatable bonds is 0. The minimum absolute atomic E-state index is 0.237. The highest BCUT2D eigenvalue weighted by atomic mass is 35.5. The predicted molar refractivity (Wildman–Crippen MR) is 44.8 cm³/mol. The zero-order valence-electron chi connectivity index (χ0n) is 6.38. The summed E-state index contributed by atoms with van der Waals surface area (Å²) >= 11 is 5.84. The predicted octanol–water partition coefficient (Wildman–Crippen LogP) is 0.785. The fourth-order valence-corrected chi connectivity index (χ4v) is 1.46. The minimum atomic E-state index is 0.237. The Bertz CT molecular complexity index is 316. The molecule has 0 saturated carbocycles. The van der Waals surface area contributed by atoms with Crippen LogP contribution in [0.25, 0.3) is 0 Å². The van der Waals surface area contributed by atoms with Crippen LogP contribution in [0.1, 0.15) is 11.3 Å². The van der Waals surface area contributed by atoms with Gasteiger partial charge in [0.2, 0.25) is 5.95 Å². The fraction of sp³-hybridized carbons (Fsp3) is 0.429. The molecule has 2 heterocycles. The molecular weight excluding hydrogens is 178 g/mol. The number of aromatic nitrogens is 2. The molecule has 0 fully saturated rings. The van der Waals surface area contributed by atoms with Gasteiger partial charge in [-0.25, -0.2) is 9.97 Å². The van der Waals surface area contributed by atoms with Gasteiger partial charge in [0, 0.05) is 12.0 Å². The molecule has 0 aliphatic carbocycles. The van der Waals surface area contributed by atoms with Crippen LogP contribution in [-0.4, -0.2) is 16.6 Å². The lowest BCUT2D eigenvalue weighted by Gasteiger charge is -2.15. The van der Waals surface area contributed by atoms with Gasteiger partial charge in [0.1, 0.15) is 5.15 Å². The summed E-state index contributed by atoms with van der Waals surface area (Å²) in [5.41, 5.74) is 7.22. The van der Waals surface area contributed by atoms with E-state index in [9.17, 15) is 0 Å². The van der Waals surface area contributed by atoms with Crippen LogP contribution in [0.2, 0.25) is 5.15 Å². The molecule has 12 heavy (non-hydrogen) atoms. The van der Waals surface area contributed by atoms with Crippen LogP contribution < -0.4 is 5.73 Å². The van der Waals surface area contributed by atoms with Crippen molar-refractivity contribution in [3.8, 4) is 0 Å². The van der Waals surface area contributed by atoms with Gasteiger partial charge >= 0.3 is 0 Å². The van der Waals surface area contributed by atoms with Crippen molar-refractivity contribution in [1.29, 1.82) is 0 Å². The molecule has 5 heteroatoms. The van der Waals surface area contributed by atoms with Crippen molar-refractivity contribution < 1.29 is 4.74 Å². The molecule has 64 valence electrons. The third-order valence-electron chi connectivity index (χ3n) is 1.79. The molecule has 4 nitrogen and oxygen atoms in total. The lowest BCUT2D eigenvalue weighted by molar-refractivity contribution is 0.109. The Labute approximate surface area is 74.7 Å². The maximum Gasteiger partial charge on any atom is 0.221 e. The van der Waals surface area contributed by atoms with E-state index in [0.717, 1.165) is 17.7 Å². The Morgan fingerprint density at radius 3 is 3.08 bits per heavy atom. The Kier molecular flexibility index (Phi) is 1.86. The standard InChI is InChI=1S/C7H8ClN3O/c8-6-4-3-12-2-1-5(4)10-7(9)11-6/h1-3H2,(H2,9,10,11). The SMILES string of the molecule is Nc1nc(Cl)c2c(n1)CCOC2. The van der Waals surface area contributed by atoms with Crippen molar-refractivity contribution in [3.63, 3.8) is 0 Å². The Morgan fingerprint density at radius 2 is 2.25 bits per heavy atom. The maximum absolute atomic E-state index is 5.84. The fourth-order valence-electron chi connectivity index (χ4n) is 1.21. The quantitative estimate of drug-likeness (QED) is 0.607. The summed E-state index contributed by atoms with van der Waals surface area (Å²) in [5.74, 6) is 0.237. The second kappa shape index (κ2) is 2.88. The molecule has 0 spiro atoms. The van der Waals surface area contributed by atoms with E-state index in [4.69, 9.17) is 22.1 Å². The first-order valence-electron chi connectivity index (χ1n) is 3.66. The summed E-state index contributed by atoms with van der Waals surface area (Å²) in [6.07, 6.45) is 0.766. The maximum atomic E-state index is 5.84. The van der Waals surface area contributed by atoms with Gasteiger partial charge in [-0.15, -0.1) is 0 Å². The molecule has 0 saturated heterocycles. The lowest BCUT2D eigenvalue weighted by Crippen LogP contribution is -2.14. The highest BCUT2D eigenvalue weighted by molar-refractivity contribution is 6.30. The topological polar surface area (TPSA) is 61.0 Å². The summed E-state index contributed by atoms with van der Waals surface area (Å²) < 4.78 is 5.21. The second-order valence-electron chi connectivity index (χ2n) is 2.60. The Hall–Kier alpha value is -0.870. The van der Waals surface area contributed by atoms with E-state index in [-0.39, 0.29) is 5.95 Å². The van der Waals surface area contributed by atoms with Crippen LogP contribution >= 0.6 is 11.6 Å². The van der Waals surface area contributed by atoms with Crippen molar-refractivity contribution in [2.75, 3.05) is 12.3 Å². The van der Waals surface area contributed by atoms with Gasteiger partial charge in [0.25, 0.3) is 0 Å². The van der Waals surface area contributed by atoms with E-state index in [0.29, 0.717) is 18.4 Å². The first kappa shape index (κ1) is 7.76.